The highest BCUT2D eigenvalue weighted by molar-refractivity contribution is 6.27. The Hall–Kier alpha value is -0.0400. The Balaban J connectivity index is 2.11. The number of halogens is 1. The molecule has 1 aliphatic carbocycles. The molecule has 0 aromatic carbocycles. The van der Waals surface area contributed by atoms with Crippen molar-refractivity contribution >= 4 is 17.4 Å². The molecular weight excluding hydrogens is 148 g/mol. The summed E-state index contributed by atoms with van der Waals surface area (Å²) in [6, 6.07) is 0. The van der Waals surface area contributed by atoms with Gasteiger partial charge in [0.05, 0.1) is 5.88 Å². The molecule has 0 saturated heterocycles. The molecule has 1 fully saturated rings. The Morgan fingerprint density at radius 1 is 1.60 bits per heavy atom. The molecule has 0 aromatic rings. The third-order valence-electron chi connectivity index (χ3n) is 2.23. The quantitative estimate of drug-likeness (QED) is 0.577. The lowest BCUT2D eigenvalue weighted by Crippen LogP contribution is -2.00. The maximum atomic E-state index is 10.8. The van der Waals surface area contributed by atoms with Crippen LogP contribution in [0.4, 0.5) is 0 Å². The van der Waals surface area contributed by atoms with Gasteiger partial charge < -0.3 is 0 Å². The smallest absolute Gasteiger partial charge is 0.147 e. The van der Waals surface area contributed by atoms with Crippen LogP contribution in [0.5, 0.6) is 0 Å². The highest BCUT2D eigenvalue weighted by Gasteiger charge is 2.36. The lowest BCUT2D eigenvalue weighted by atomic mass is 10.1. The lowest BCUT2D eigenvalue weighted by molar-refractivity contribution is -0.117. The molecule has 0 heterocycles. The third-order valence-corrected chi connectivity index (χ3v) is 2.53. The molecule has 0 aliphatic heterocycles. The van der Waals surface area contributed by atoms with Gasteiger partial charge in [0.1, 0.15) is 5.78 Å². The Kier molecular flexibility index (Phi) is 2.72. The van der Waals surface area contributed by atoms with E-state index in [1.54, 1.807) is 0 Å². The minimum Gasteiger partial charge on any atom is -0.298 e. The van der Waals surface area contributed by atoms with E-state index in [2.05, 4.69) is 6.92 Å². The largest absolute Gasteiger partial charge is 0.298 e. The number of rotatable bonds is 4. The summed E-state index contributed by atoms with van der Waals surface area (Å²) in [5.41, 5.74) is 0. The zero-order chi connectivity index (χ0) is 7.56. The van der Waals surface area contributed by atoms with E-state index in [1.165, 1.54) is 12.8 Å². The minimum absolute atomic E-state index is 0.201. The van der Waals surface area contributed by atoms with Gasteiger partial charge in [0.25, 0.3) is 0 Å². The lowest BCUT2D eigenvalue weighted by Gasteiger charge is -1.92. The van der Waals surface area contributed by atoms with Crippen molar-refractivity contribution in [3.63, 3.8) is 0 Å². The van der Waals surface area contributed by atoms with Crippen LogP contribution in [0.15, 0.2) is 0 Å². The summed E-state index contributed by atoms with van der Waals surface area (Å²) in [4.78, 5) is 10.8. The first-order valence-electron chi connectivity index (χ1n) is 3.85. The molecule has 2 heteroatoms. The highest BCUT2D eigenvalue weighted by atomic mass is 35.5. The fraction of sp³-hybridized carbons (Fsp3) is 0.875. The van der Waals surface area contributed by atoms with Crippen LogP contribution >= 0.6 is 11.6 Å². The summed E-state index contributed by atoms with van der Waals surface area (Å²) in [7, 11) is 0. The van der Waals surface area contributed by atoms with E-state index in [1.807, 2.05) is 0 Å². The number of ketones is 1. The topological polar surface area (TPSA) is 17.1 Å². The van der Waals surface area contributed by atoms with Gasteiger partial charge in [-0.15, -0.1) is 11.6 Å². The number of Topliss-reactive ketones (excluding diaryl/α,β-unsaturated/α-hetero) is 1. The van der Waals surface area contributed by atoms with Crippen LogP contribution in [0.2, 0.25) is 0 Å². The van der Waals surface area contributed by atoms with Crippen LogP contribution in [-0.4, -0.2) is 11.7 Å². The minimum atomic E-state index is 0.201. The average molecular weight is 161 g/mol. The Morgan fingerprint density at radius 3 is 2.70 bits per heavy atom. The van der Waals surface area contributed by atoms with Crippen molar-refractivity contribution in [2.24, 2.45) is 11.8 Å². The fourth-order valence-corrected chi connectivity index (χ4v) is 1.52. The molecular formula is C8H13ClO. The first kappa shape index (κ1) is 8.06. The van der Waals surface area contributed by atoms with E-state index >= 15 is 0 Å². The van der Waals surface area contributed by atoms with Crippen molar-refractivity contribution in [3.8, 4) is 0 Å². The van der Waals surface area contributed by atoms with E-state index in [-0.39, 0.29) is 11.7 Å². The number of carbonyl (C=O) groups is 1. The van der Waals surface area contributed by atoms with Gasteiger partial charge in [0, 0.05) is 6.42 Å². The van der Waals surface area contributed by atoms with Gasteiger partial charge in [-0.1, -0.05) is 13.3 Å². The zero-order valence-corrected chi connectivity index (χ0v) is 7.03. The molecule has 1 nitrogen and oxygen atoms in total. The molecule has 0 amide bonds. The van der Waals surface area contributed by atoms with Crippen LogP contribution in [0.3, 0.4) is 0 Å². The molecule has 0 spiro atoms. The number of hydrogen-bond acceptors (Lipinski definition) is 1. The summed E-state index contributed by atoms with van der Waals surface area (Å²) < 4.78 is 0. The van der Waals surface area contributed by atoms with Crippen molar-refractivity contribution in [1.29, 1.82) is 0 Å². The number of hydrogen-bond donors (Lipinski definition) is 0. The van der Waals surface area contributed by atoms with Gasteiger partial charge >= 0.3 is 0 Å². The monoisotopic (exact) mass is 160 g/mol. The Labute approximate surface area is 66.8 Å². The molecule has 10 heavy (non-hydrogen) atoms. The molecule has 1 rings (SSSR count). The van der Waals surface area contributed by atoms with Crippen molar-refractivity contribution in [2.45, 2.75) is 26.2 Å². The molecule has 1 aliphatic rings. The second kappa shape index (κ2) is 3.38. The predicted molar refractivity (Wildman–Crippen MR) is 42.2 cm³/mol. The van der Waals surface area contributed by atoms with Crippen molar-refractivity contribution in [1.82, 2.24) is 0 Å². The second-order valence-corrected chi connectivity index (χ2v) is 3.31. The zero-order valence-electron chi connectivity index (χ0n) is 6.27. The van der Waals surface area contributed by atoms with E-state index in [0.29, 0.717) is 5.92 Å². The molecule has 58 valence electrons. The first-order chi connectivity index (χ1) is 4.77. The van der Waals surface area contributed by atoms with E-state index in [0.717, 1.165) is 12.3 Å². The molecule has 0 N–H and O–H groups in total. The standard InChI is InChI=1S/C8H13ClO/c1-2-6-3-7(6)4-8(10)5-9/h6-7H,2-5H2,1H3/t6-,7-/m1/s1. The molecule has 0 radical (unpaired) electrons. The summed E-state index contributed by atoms with van der Waals surface area (Å²) in [5.74, 6) is 1.92. The number of carbonyl (C=O) groups excluding carboxylic acids is 1. The van der Waals surface area contributed by atoms with Crippen LogP contribution in [0.25, 0.3) is 0 Å². The number of alkyl halides is 1. The van der Waals surface area contributed by atoms with Gasteiger partial charge in [0.15, 0.2) is 0 Å². The Morgan fingerprint density at radius 2 is 2.30 bits per heavy atom. The van der Waals surface area contributed by atoms with Crippen LogP contribution in [0, 0.1) is 11.8 Å². The maximum absolute atomic E-state index is 10.8. The van der Waals surface area contributed by atoms with Crippen molar-refractivity contribution in [3.05, 3.63) is 0 Å². The van der Waals surface area contributed by atoms with Gasteiger partial charge in [-0.3, -0.25) is 4.79 Å². The normalized spacial score (nSPS) is 30.2. The summed E-state index contributed by atoms with van der Waals surface area (Å²) in [5, 5.41) is 0. The van der Waals surface area contributed by atoms with Crippen LogP contribution in [-0.2, 0) is 4.79 Å². The van der Waals surface area contributed by atoms with Crippen molar-refractivity contribution in [2.75, 3.05) is 5.88 Å². The molecule has 0 aromatic heterocycles. The first-order valence-corrected chi connectivity index (χ1v) is 4.39. The molecule has 2 atom stereocenters. The van der Waals surface area contributed by atoms with E-state index < -0.39 is 0 Å². The van der Waals surface area contributed by atoms with Gasteiger partial charge in [0.2, 0.25) is 0 Å². The second-order valence-electron chi connectivity index (χ2n) is 3.04. The highest BCUT2D eigenvalue weighted by Crippen LogP contribution is 2.43. The van der Waals surface area contributed by atoms with E-state index in [4.69, 9.17) is 11.6 Å². The average Bonchev–Trinajstić information content (AvgIpc) is 2.67. The van der Waals surface area contributed by atoms with Gasteiger partial charge in [-0.2, -0.15) is 0 Å². The summed E-state index contributed by atoms with van der Waals surface area (Å²) in [6.07, 6.45) is 3.20. The van der Waals surface area contributed by atoms with Gasteiger partial charge in [-0.25, -0.2) is 0 Å². The van der Waals surface area contributed by atoms with E-state index in [9.17, 15) is 4.79 Å². The maximum Gasteiger partial charge on any atom is 0.147 e. The molecule has 1 saturated carbocycles. The summed E-state index contributed by atoms with van der Waals surface area (Å²) in [6.45, 7) is 2.18. The van der Waals surface area contributed by atoms with Crippen LogP contribution in [0.1, 0.15) is 26.2 Å². The Bertz CT molecular complexity index is 133. The fourth-order valence-electron chi connectivity index (χ4n) is 1.41. The SMILES string of the molecule is CC[C@@H]1C[C@@H]1CC(=O)CCl. The van der Waals surface area contributed by atoms with Crippen molar-refractivity contribution < 1.29 is 4.79 Å². The summed E-state index contributed by atoms with van der Waals surface area (Å²) >= 11 is 5.37. The molecule has 0 unspecified atom stereocenters. The van der Waals surface area contributed by atoms with Gasteiger partial charge in [-0.05, 0) is 18.3 Å². The third kappa shape index (κ3) is 1.98. The molecule has 0 bridgehead atoms. The predicted octanol–water partition coefficient (Wildman–Crippen LogP) is 2.23. The van der Waals surface area contributed by atoms with Crippen LogP contribution < -0.4 is 0 Å².